The van der Waals surface area contributed by atoms with E-state index in [-0.39, 0.29) is 37.8 Å². The molecule has 1 N–H and O–H groups in total. The van der Waals surface area contributed by atoms with Crippen LogP contribution in [0.3, 0.4) is 0 Å². The molecular formula is C23H14BrCl2N3O7S. The summed E-state index contributed by atoms with van der Waals surface area (Å²) in [4.78, 5) is 22.5. The molecule has 3 rings (SSSR count). The summed E-state index contributed by atoms with van der Waals surface area (Å²) in [6, 6.07) is 13.3. The fourth-order valence-electron chi connectivity index (χ4n) is 2.91. The van der Waals surface area contributed by atoms with E-state index in [1.165, 1.54) is 49.6 Å². The van der Waals surface area contributed by atoms with Gasteiger partial charge in [-0.25, -0.2) is 0 Å². The van der Waals surface area contributed by atoms with Gasteiger partial charge in [-0.1, -0.05) is 29.3 Å². The molecule has 190 valence electrons. The lowest BCUT2D eigenvalue weighted by atomic mass is 10.1. The van der Waals surface area contributed by atoms with Gasteiger partial charge in [0.1, 0.15) is 16.5 Å². The molecule has 0 radical (unpaired) electrons. The number of benzene rings is 3. The first-order chi connectivity index (χ1) is 17.4. The van der Waals surface area contributed by atoms with Crippen molar-refractivity contribution in [3.05, 3.63) is 90.4 Å². The Kier molecular flexibility index (Phi) is 8.77. The van der Waals surface area contributed by atoms with Gasteiger partial charge in [-0.3, -0.25) is 14.9 Å². The van der Waals surface area contributed by atoms with Crippen LogP contribution in [0.25, 0.3) is 6.08 Å². The highest BCUT2D eigenvalue weighted by molar-refractivity contribution is 9.10. The minimum Gasteiger partial charge on any atom is -0.493 e. The zero-order valence-corrected chi connectivity index (χ0v) is 22.5. The normalized spacial score (nSPS) is 11.4. The SMILES string of the molecule is COc1cc(/C=C(/C#N)C(=O)Nc2cc(Cl)ccc2Cl)cc(Br)c1OS(=O)(=O)c1cccc([N+](=O)[O-])c1. The number of non-ortho nitro benzene ring substituents is 1. The van der Waals surface area contributed by atoms with Gasteiger partial charge < -0.3 is 14.2 Å². The molecule has 0 aliphatic carbocycles. The highest BCUT2D eigenvalue weighted by atomic mass is 79.9. The van der Waals surface area contributed by atoms with Crippen LogP contribution >= 0.6 is 39.1 Å². The summed E-state index contributed by atoms with van der Waals surface area (Å²) in [6.07, 6.45) is 1.24. The predicted octanol–water partition coefficient (Wildman–Crippen LogP) is 5.99. The minimum atomic E-state index is -4.49. The molecule has 0 unspecified atom stereocenters. The highest BCUT2D eigenvalue weighted by Crippen LogP contribution is 2.39. The third-order valence-electron chi connectivity index (χ3n) is 4.61. The summed E-state index contributed by atoms with van der Waals surface area (Å²) in [7, 11) is -3.24. The Morgan fingerprint density at radius 1 is 1.19 bits per heavy atom. The van der Waals surface area contributed by atoms with Crippen LogP contribution in [0.15, 0.2) is 69.5 Å². The summed E-state index contributed by atoms with van der Waals surface area (Å²) < 4.78 is 36.1. The van der Waals surface area contributed by atoms with Crippen LogP contribution in [-0.4, -0.2) is 26.4 Å². The number of rotatable bonds is 8. The number of amides is 1. The van der Waals surface area contributed by atoms with Crippen LogP contribution in [-0.2, 0) is 14.9 Å². The first-order valence-electron chi connectivity index (χ1n) is 9.90. The quantitative estimate of drug-likeness (QED) is 0.105. The molecule has 0 bridgehead atoms. The van der Waals surface area contributed by atoms with Crippen molar-refractivity contribution >= 4 is 72.6 Å². The van der Waals surface area contributed by atoms with E-state index in [2.05, 4.69) is 21.2 Å². The van der Waals surface area contributed by atoms with Crippen molar-refractivity contribution in [3.8, 4) is 17.6 Å². The number of nitriles is 1. The van der Waals surface area contributed by atoms with Crippen molar-refractivity contribution in [1.29, 1.82) is 5.26 Å². The maximum Gasteiger partial charge on any atom is 0.339 e. The van der Waals surface area contributed by atoms with Gasteiger partial charge in [-0.05, 0) is 64.0 Å². The molecule has 0 saturated carbocycles. The lowest BCUT2D eigenvalue weighted by Gasteiger charge is -2.13. The Balaban J connectivity index is 1.94. The Morgan fingerprint density at radius 3 is 2.57 bits per heavy atom. The number of nitro groups is 1. The van der Waals surface area contributed by atoms with Crippen molar-refractivity contribution < 1.29 is 27.1 Å². The Morgan fingerprint density at radius 2 is 1.92 bits per heavy atom. The maximum absolute atomic E-state index is 12.8. The van der Waals surface area contributed by atoms with Crippen LogP contribution < -0.4 is 14.2 Å². The van der Waals surface area contributed by atoms with Crippen LogP contribution in [0.5, 0.6) is 11.5 Å². The van der Waals surface area contributed by atoms with E-state index < -0.39 is 31.5 Å². The average Bonchev–Trinajstić information content (AvgIpc) is 2.86. The van der Waals surface area contributed by atoms with Crippen molar-refractivity contribution in [2.45, 2.75) is 4.90 Å². The molecule has 1 amide bonds. The molecule has 3 aromatic carbocycles. The molecule has 0 saturated heterocycles. The second kappa shape index (κ2) is 11.6. The predicted molar refractivity (Wildman–Crippen MR) is 140 cm³/mol. The van der Waals surface area contributed by atoms with Gasteiger partial charge in [0.2, 0.25) is 0 Å². The molecule has 0 aliphatic rings. The van der Waals surface area contributed by atoms with E-state index in [4.69, 9.17) is 32.1 Å². The second-order valence-corrected chi connectivity index (χ2v) is 10.3. The van der Waals surface area contributed by atoms with Crippen molar-refractivity contribution in [1.82, 2.24) is 0 Å². The largest absolute Gasteiger partial charge is 0.493 e. The lowest BCUT2D eigenvalue weighted by Crippen LogP contribution is -2.14. The molecule has 0 aliphatic heterocycles. The molecule has 0 aromatic heterocycles. The number of ether oxygens (including phenoxy) is 1. The number of nitro benzene ring substituents is 1. The van der Waals surface area contributed by atoms with Crippen molar-refractivity contribution in [3.63, 3.8) is 0 Å². The molecule has 10 nitrogen and oxygen atoms in total. The number of halogens is 3. The van der Waals surface area contributed by atoms with Gasteiger partial charge in [-0.15, -0.1) is 0 Å². The first-order valence-corrected chi connectivity index (χ1v) is 12.9. The number of nitrogens with one attached hydrogen (secondary N) is 1. The molecule has 0 atom stereocenters. The van der Waals surface area contributed by atoms with Crippen LogP contribution in [0, 0.1) is 21.4 Å². The Labute approximate surface area is 229 Å². The fraction of sp³-hybridized carbons (Fsp3) is 0.0435. The molecule has 3 aromatic rings. The summed E-state index contributed by atoms with van der Waals surface area (Å²) in [5.41, 5.74) is -0.248. The summed E-state index contributed by atoms with van der Waals surface area (Å²) >= 11 is 15.2. The van der Waals surface area contributed by atoms with Gasteiger partial charge in [-0.2, -0.15) is 13.7 Å². The minimum absolute atomic E-state index is 0.0646. The molecule has 14 heteroatoms. The summed E-state index contributed by atoms with van der Waals surface area (Å²) in [5, 5.41) is 23.6. The van der Waals surface area contributed by atoms with Crippen molar-refractivity contribution in [2.75, 3.05) is 12.4 Å². The van der Waals surface area contributed by atoms with E-state index in [1.807, 2.05) is 0 Å². The van der Waals surface area contributed by atoms with Crippen LogP contribution in [0.4, 0.5) is 11.4 Å². The Bertz CT molecular complexity index is 1590. The highest BCUT2D eigenvalue weighted by Gasteiger charge is 2.24. The van der Waals surface area contributed by atoms with Gasteiger partial charge in [0.05, 0.1) is 27.2 Å². The third kappa shape index (κ3) is 6.78. The number of carbonyl (C=O) groups excluding carboxylic acids is 1. The van der Waals surface area contributed by atoms with Crippen molar-refractivity contribution in [2.24, 2.45) is 0 Å². The number of anilines is 1. The van der Waals surface area contributed by atoms with Gasteiger partial charge in [0.25, 0.3) is 11.6 Å². The molecule has 0 heterocycles. The number of hydrogen-bond acceptors (Lipinski definition) is 8. The van der Waals surface area contributed by atoms with Gasteiger partial charge in [0, 0.05) is 17.2 Å². The van der Waals surface area contributed by atoms with Gasteiger partial charge in [0.15, 0.2) is 11.5 Å². The number of carbonyl (C=O) groups is 1. The molecule has 0 spiro atoms. The van der Waals surface area contributed by atoms with Crippen LogP contribution in [0.2, 0.25) is 10.0 Å². The first kappa shape index (κ1) is 27.9. The third-order valence-corrected chi connectivity index (χ3v) is 6.99. The number of methoxy groups -OCH3 is 1. The number of hydrogen-bond donors (Lipinski definition) is 1. The Hall–Kier alpha value is -3.63. The van der Waals surface area contributed by atoms with E-state index in [0.717, 1.165) is 18.2 Å². The van der Waals surface area contributed by atoms with E-state index in [1.54, 1.807) is 6.07 Å². The summed E-state index contributed by atoms with van der Waals surface area (Å²) in [5.74, 6) is -1.08. The smallest absolute Gasteiger partial charge is 0.339 e. The molecular weight excluding hydrogens is 613 g/mol. The standard InChI is InChI=1S/C23H14BrCl2N3O7S/c1-35-21-9-13(7-14(12-27)23(30)28-20-10-15(25)5-6-19(20)26)8-18(24)22(21)36-37(33,34)17-4-2-3-16(11-17)29(31)32/h2-11H,1H3,(H,28,30)/b14-7-. The van der Waals surface area contributed by atoms with Crippen LogP contribution in [0.1, 0.15) is 5.56 Å². The maximum atomic E-state index is 12.8. The lowest BCUT2D eigenvalue weighted by molar-refractivity contribution is -0.385. The topological polar surface area (TPSA) is 149 Å². The fourth-order valence-corrected chi connectivity index (χ4v) is 4.90. The zero-order valence-electron chi connectivity index (χ0n) is 18.6. The van der Waals surface area contributed by atoms with E-state index >= 15 is 0 Å². The van der Waals surface area contributed by atoms with E-state index in [0.29, 0.717) is 5.02 Å². The monoisotopic (exact) mass is 625 g/mol. The molecule has 0 fully saturated rings. The average molecular weight is 627 g/mol. The van der Waals surface area contributed by atoms with Gasteiger partial charge >= 0.3 is 10.1 Å². The molecule has 37 heavy (non-hydrogen) atoms. The second-order valence-electron chi connectivity index (χ2n) is 7.07. The summed E-state index contributed by atoms with van der Waals surface area (Å²) in [6.45, 7) is 0. The van der Waals surface area contributed by atoms with E-state index in [9.17, 15) is 28.6 Å². The zero-order chi connectivity index (χ0) is 27.3. The number of nitrogens with zero attached hydrogens (tertiary/aromatic N) is 2.